The summed E-state index contributed by atoms with van der Waals surface area (Å²) >= 11 is 0. The average Bonchev–Trinajstić information content (AvgIpc) is 2.39. The normalized spacial score (nSPS) is 35.7. The van der Waals surface area contributed by atoms with Crippen LogP contribution in [-0.4, -0.2) is 30.2 Å². The highest BCUT2D eigenvalue weighted by molar-refractivity contribution is 5.74. The average molecular weight is 265 g/mol. The molecular weight excluding hydrogens is 238 g/mol. The van der Waals surface area contributed by atoms with E-state index in [4.69, 9.17) is 0 Å². The van der Waals surface area contributed by atoms with Gasteiger partial charge >= 0.3 is 6.03 Å². The smallest absolute Gasteiger partial charge is 0.315 e. The molecule has 1 saturated carbocycles. The van der Waals surface area contributed by atoms with E-state index in [1.54, 1.807) is 0 Å². The SMILES string of the molecule is O=C(NC1CCCCC1)NC1C[C@@H]2CCC[C@@H](C1)N2. The first-order chi connectivity index (χ1) is 9.29. The Hall–Kier alpha value is -0.770. The minimum atomic E-state index is 0.0665. The monoisotopic (exact) mass is 265 g/mol. The summed E-state index contributed by atoms with van der Waals surface area (Å²) in [6.45, 7) is 0. The highest BCUT2D eigenvalue weighted by Crippen LogP contribution is 2.25. The van der Waals surface area contributed by atoms with Crippen molar-refractivity contribution in [2.24, 2.45) is 0 Å². The van der Waals surface area contributed by atoms with Gasteiger partial charge in [-0.05, 0) is 38.5 Å². The van der Waals surface area contributed by atoms with Gasteiger partial charge in [0.1, 0.15) is 0 Å². The maximum absolute atomic E-state index is 12.1. The van der Waals surface area contributed by atoms with E-state index in [9.17, 15) is 4.79 Å². The third-order valence-corrected chi connectivity index (χ3v) is 4.99. The van der Waals surface area contributed by atoms with E-state index >= 15 is 0 Å². The Kier molecular flexibility index (Phi) is 4.26. The first-order valence-electron chi connectivity index (χ1n) is 8.12. The van der Waals surface area contributed by atoms with Crippen molar-refractivity contribution in [3.05, 3.63) is 0 Å². The molecule has 3 N–H and O–H groups in total. The summed E-state index contributed by atoms with van der Waals surface area (Å²) in [5.74, 6) is 0. The molecule has 2 bridgehead atoms. The van der Waals surface area contributed by atoms with Crippen LogP contribution in [0.2, 0.25) is 0 Å². The van der Waals surface area contributed by atoms with Gasteiger partial charge in [0.2, 0.25) is 0 Å². The summed E-state index contributed by atoms with van der Waals surface area (Å²) in [7, 11) is 0. The molecule has 0 aromatic carbocycles. The van der Waals surface area contributed by atoms with Crippen molar-refractivity contribution < 1.29 is 4.79 Å². The molecular formula is C15H27N3O. The van der Waals surface area contributed by atoms with Gasteiger partial charge in [-0.2, -0.15) is 0 Å². The summed E-state index contributed by atoms with van der Waals surface area (Å²) in [4.78, 5) is 12.1. The molecule has 2 heterocycles. The Morgan fingerprint density at radius 1 is 0.789 bits per heavy atom. The molecule has 2 atom stereocenters. The van der Waals surface area contributed by atoms with E-state index in [1.165, 1.54) is 38.5 Å². The van der Waals surface area contributed by atoms with Crippen molar-refractivity contribution in [3.8, 4) is 0 Å². The third-order valence-electron chi connectivity index (χ3n) is 4.99. The van der Waals surface area contributed by atoms with Gasteiger partial charge in [0.15, 0.2) is 0 Å². The fourth-order valence-corrected chi connectivity index (χ4v) is 4.04. The number of amides is 2. The molecule has 0 aromatic rings. The predicted octanol–water partition coefficient (Wildman–Crippen LogP) is 2.29. The molecule has 0 spiro atoms. The number of piperidine rings is 2. The topological polar surface area (TPSA) is 53.2 Å². The van der Waals surface area contributed by atoms with Crippen molar-refractivity contribution in [2.75, 3.05) is 0 Å². The quantitative estimate of drug-likeness (QED) is 0.717. The van der Waals surface area contributed by atoms with Crippen LogP contribution in [0.15, 0.2) is 0 Å². The minimum Gasteiger partial charge on any atom is -0.335 e. The highest BCUT2D eigenvalue weighted by Gasteiger charge is 2.32. The lowest BCUT2D eigenvalue weighted by atomic mass is 9.84. The molecule has 4 nitrogen and oxygen atoms in total. The molecule has 3 aliphatic rings. The van der Waals surface area contributed by atoms with Crippen LogP contribution in [0.5, 0.6) is 0 Å². The molecule has 19 heavy (non-hydrogen) atoms. The van der Waals surface area contributed by atoms with Gasteiger partial charge in [-0.15, -0.1) is 0 Å². The lowest BCUT2D eigenvalue weighted by molar-refractivity contribution is 0.192. The van der Waals surface area contributed by atoms with Gasteiger partial charge in [-0.3, -0.25) is 0 Å². The molecule has 2 amide bonds. The molecule has 4 heteroatoms. The first kappa shape index (κ1) is 13.2. The van der Waals surface area contributed by atoms with E-state index in [-0.39, 0.29) is 6.03 Å². The van der Waals surface area contributed by atoms with Crippen LogP contribution < -0.4 is 16.0 Å². The maximum atomic E-state index is 12.1. The van der Waals surface area contributed by atoms with Crippen molar-refractivity contribution in [2.45, 2.75) is 88.4 Å². The zero-order valence-electron chi connectivity index (χ0n) is 11.8. The molecule has 0 unspecified atom stereocenters. The number of rotatable bonds is 2. The second-order valence-corrected chi connectivity index (χ2v) is 6.61. The first-order valence-corrected chi connectivity index (χ1v) is 8.12. The highest BCUT2D eigenvalue weighted by atomic mass is 16.2. The van der Waals surface area contributed by atoms with Crippen LogP contribution in [-0.2, 0) is 0 Å². The lowest BCUT2D eigenvalue weighted by Gasteiger charge is -2.40. The number of nitrogens with one attached hydrogen (secondary N) is 3. The lowest BCUT2D eigenvalue weighted by Crippen LogP contribution is -2.56. The van der Waals surface area contributed by atoms with Gasteiger partial charge in [0.25, 0.3) is 0 Å². The number of hydrogen-bond acceptors (Lipinski definition) is 2. The molecule has 1 aliphatic carbocycles. The second kappa shape index (κ2) is 6.12. The molecule has 108 valence electrons. The summed E-state index contributed by atoms with van der Waals surface area (Å²) in [6.07, 6.45) is 12.3. The van der Waals surface area contributed by atoms with Gasteiger partial charge in [-0.25, -0.2) is 4.79 Å². The van der Waals surface area contributed by atoms with Crippen LogP contribution in [0.4, 0.5) is 4.79 Å². The standard InChI is InChI=1S/C15H27N3O/c19-15(17-11-5-2-1-3-6-11)18-14-9-12-7-4-8-13(10-14)16-12/h11-14,16H,1-10H2,(H2,17,18,19)/t12-,13-/m0/s1. The van der Waals surface area contributed by atoms with Gasteiger partial charge in [0.05, 0.1) is 0 Å². The molecule has 0 radical (unpaired) electrons. The number of urea groups is 1. The van der Waals surface area contributed by atoms with Gasteiger partial charge < -0.3 is 16.0 Å². The minimum absolute atomic E-state index is 0.0665. The number of carbonyl (C=O) groups is 1. The predicted molar refractivity (Wildman–Crippen MR) is 76.1 cm³/mol. The summed E-state index contributed by atoms with van der Waals surface area (Å²) in [6, 6.07) is 2.12. The second-order valence-electron chi connectivity index (χ2n) is 6.61. The zero-order chi connectivity index (χ0) is 13.1. The Labute approximate surface area is 116 Å². The van der Waals surface area contributed by atoms with Crippen molar-refractivity contribution in [1.82, 2.24) is 16.0 Å². The molecule has 3 fully saturated rings. The van der Waals surface area contributed by atoms with Crippen molar-refractivity contribution >= 4 is 6.03 Å². The van der Waals surface area contributed by atoms with Crippen LogP contribution in [0, 0.1) is 0 Å². The van der Waals surface area contributed by atoms with E-state index < -0.39 is 0 Å². The van der Waals surface area contributed by atoms with Crippen molar-refractivity contribution in [1.29, 1.82) is 0 Å². The van der Waals surface area contributed by atoms with E-state index in [2.05, 4.69) is 16.0 Å². The largest absolute Gasteiger partial charge is 0.335 e. The summed E-state index contributed by atoms with van der Waals surface area (Å²) < 4.78 is 0. The van der Waals surface area contributed by atoms with Crippen LogP contribution in [0.1, 0.15) is 64.2 Å². The van der Waals surface area contributed by atoms with Crippen LogP contribution in [0.3, 0.4) is 0 Å². The fourth-order valence-electron chi connectivity index (χ4n) is 4.04. The van der Waals surface area contributed by atoms with E-state index in [1.807, 2.05) is 0 Å². The molecule has 0 aromatic heterocycles. The van der Waals surface area contributed by atoms with Crippen LogP contribution >= 0.6 is 0 Å². The number of fused-ring (bicyclic) bond motifs is 2. The van der Waals surface area contributed by atoms with E-state index in [0.717, 1.165) is 25.7 Å². The Bertz CT molecular complexity index is 303. The molecule has 2 saturated heterocycles. The van der Waals surface area contributed by atoms with Gasteiger partial charge in [-0.1, -0.05) is 25.7 Å². The fraction of sp³-hybridized carbons (Fsp3) is 0.933. The van der Waals surface area contributed by atoms with E-state index in [0.29, 0.717) is 24.2 Å². The van der Waals surface area contributed by atoms with Crippen LogP contribution in [0.25, 0.3) is 0 Å². The zero-order valence-corrected chi connectivity index (χ0v) is 11.8. The summed E-state index contributed by atoms with van der Waals surface area (Å²) in [5.41, 5.74) is 0. The summed E-state index contributed by atoms with van der Waals surface area (Å²) in [5, 5.41) is 10.0. The van der Waals surface area contributed by atoms with Crippen molar-refractivity contribution in [3.63, 3.8) is 0 Å². The Morgan fingerprint density at radius 2 is 1.42 bits per heavy atom. The number of hydrogen-bond donors (Lipinski definition) is 3. The third kappa shape index (κ3) is 3.62. The maximum Gasteiger partial charge on any atom is 0.315 e. The number of carbonyl (C=O) groups excluding carboxylic acids is 1. The Balaban J connectivity index is 1.44. The van der Waals surface area contributed by atoms with Gasteiger partial charge in [0, 0.05) is 24.2 Å². The molecule has 3 rings (SSSR count). The Morgan fingerprint density at radius 3 is 2.11 bits per heavy atom. The molecule has 2 aliphatic heterocycles.